The van der Waals surface area contributed by atoms with Crippen molar-refractivity contribution < 1.29 is 20.1 Å². The van der Waals surface area contributed by atoms with Crippen molar-refractivity contribution in [3.63, 3.8) is 0 Å². The Bertz CT molecular complexity index is 475. The molecule has 2 atom stereocenters. The molecule has 5 nitrogen and oxygen atoms in total. The Morgan fingerprint density at radius 2 is 2.11 bits per heavy atom. The molecule has 0 radical (unpaired) electrons. The van der Waals surface area contributed by atoms with Gasteiger partial charge in [-0.15, -0.1) is 0 Å². The van der Waals surface area contributed by atoms with Gasteiger partial charge in [0.05, 0.1) is 12.6 Å². The second kappa shape index (κ2) is 5.59. The van der Waals surface area contributed by atoms with Crippen LogP contribution in [0.15, 0.2) is 18.2 Å². The van der Waals surface area contributed by atoms with Gasteiger partial charge in [-0.3, -0.25) is 9.69 Å². The molecule has 1 aliphatic heterocycles. The molecule has 0 spiro atoms. The molecule has 0 saturated carbocycles. The number of phenolic OH excluding ortho intramolecular Hbond substituents is 2. The van der Waals surface area contributed by atoms with Gasteiger partial charge in [0.25, 0.3) is 0 Å². The zero-order valence-electron chi connectivity index (χ0n) is 10.9. The van der Waals surface area contributed by atoms with Gasteiger partial charge in [-0.05, 0) is 37.1 Å². The van der Waals surface area contributed by atoms with Gasteiger partial charge in [0.15, 0.2) is 17.3 Å². The summed E-state index contributed by atoms with van der Waals surface area (Å²) in [7, 11) is 0. The molecule has 0 amide bonds. The number of likely N-dealkylation sites (tertiary alicyclic amines) is 1. The van der Waals surface area contributed by atoms with E-state index in [-0.39, 0.29) is 29.7 Å². The highest BCUT2D eigenvalue weighted by molar-refractivity contribution is 5.98. The molecule has 1 saturated heterocycles. The number of hydrogen-bond acceptors (Lipinski definition) is 5. The van der Waals surface area contributed by atoms with Crippen LogP contribution in [0.4, 0.5) is 0 Å². The third-order valence-electron chi connectivity index (χ3n) is 3.67. The quantitative estimate of drug-likeness (QED) is 0.561. The van der Waals surface area contributed by atoms with Crippen molar-refractivity contribution in [3.8, 4) is 11.5 Å². The summed E-state index contributed by atoms with van der Waals surface area (Å²) in [5.41, 5.74) is 0.364. The molecule has 1 fully saturated rings. The Morgan fingerprint density at radius 1 is 1.37 bits per heavy atom. The number of aliphatic hydroxyl groups is 1. The Labute approximate surface area is 112 Å². The Morgan fingerprint density at radius 3 is 2.74 bits per heavy atom. The average Bonchev–Trinajstić information content (AvgIpc) is 2.37. The van der Waals surface area contributed by atoms with E-state index in [1.807, 2.05) is 11.8 Å². The largest absolute Gasteiger partial charge is 0.504 e. The number of aromatic hydroxyl groups is 2. The first-order chi connectivity index (χ1) is 8.97. The number of phenols is 2. The number of hydrogen-bond donors (Lipinski definition) is 3. The third-order valence-corrected chi connectivity index (χ3v) is 3.67. The van der Waals surface area contributed by atoms with Gasteiger partial charge >= 0.3 is 0 Å². The maximum absolute atomic E-state index is 12.0. The van der Waals surface area contributed by atoms with Gasteiger partial charge in [0.1, 0.15) is 0 Å². The zero-order chi connectivity index (χ0) is 14.0. The van der Waals surface area contributed by atoms with Gasteiger partial charge in [-0.2, -0.15) is 0 Å². The van der Waals surface area contributed by atoms with E-state index in [4.69, 9.17) is 0 Å². The SMILES string of the molecule is CC1CCN(CC(=O)c2ccc(O)c(O)c2)CC1O. The third kappa shape index (κ3) is 3.24. The number of β-amino-alcohol motifs (C(OH)–C–C–N with tert-alkyl or cyclic N) is 1. The molecular formula is C14H19NO4. The van der Waals surface area contributed by atoms with Crippen molar-refractivity contribution in [2.24, 2.45) is 5.92 Å². The van der Waals surface area contributed by atoms with Gasteiger partial charge in [0, 0.05) is 12.1 Å². The van der Waals surface area contributed by atoms with Gasteiger partial charge in [-0.25, -0.2) is 0 Å². The number of benzene rings is 1. The lowest BCUT2D eigenvalue weighted by Gasteiger charge is -2.33. The number of carbonyl (C=O) groups excluding carboxylic acids is 1. The lowest BCUT2D eigenvalue weighted by atomic mass is 9.95. The highest BCUT2D eigenvalue weighted by atomic mass is 16.3. The van der Waals surface area contributed by atoms with Crippen LogP contribution in [0.3, 0.4) is 0 Å². The first-order valence-corrected chi connectivity index (χ1v) is 6.43. The first kappa shape index (κ1) is 13.8. The molecule has 1 aliphatic rings. The van der Waals surface area contributed by atoms with Crippen LogP contribution in [0, 0.1) is 5.92 Å². The summed E-state index contributed by atoms with van der Waals surface area (Å²) in [6.07, 6.45) is 0.477. The van der Waals surface area contributed by atoms with Crippen molar-refractivity contribution in [3.05, 3.63) is 23.8 Å². The fraction of sp³-hybridized carbons (Fsp3) is 0.500. The molecule has 1 heterocycles. The van der Waals surface area contributed by atoms with Crippen molar-refractivity contribution in [2.75, 3.05) is 19.6 Å². The minimum atomic E-state index is -0.394. The average molecular weight is 265 g/mol. The maximum Gasteiger partial charge on any atom is 0.176 e. The van der Waals surface area contributed by atoms with E-state index >= 15 is 0 Å². The van der Waals surface area contributed by atoms with E-state index in [9.17, 15) is 20.1 Å². The van der Waals surface area contributed by atoms with Gasteiger partial charge in [0.2, 0.25) is 0 Å². The van der Waals surface area contributed by atoms with Crippen LogP contribution in [0.25, 0.3) is 0 Å². The summed E-state index contributed by atoms with van der Waals surface area (Å²) in [6.45, 7) is 3.50. The molecule has 0 bridgehead atoms. The van der Waals surface area contributed by atoms with Crippen LogP contribution < -0.4 is 0 Å². The van der Waals surface area contributed by atoms with E-state index in [0.717, 1.165) is 13.0 Å². The molecule has 2 unspecified atom stereocenters. The molecule has 3 N–H and O–H groups in total. The van der Waals surface area contributed by atoms with Crippen molar-refractivity contribution in [2.45, 2.75) is 19.4 Å². The normalized spacial score (nSPS) is 24.3. The number of nitrogens with zero attached hydrogens (tertiary/aromatic N) is 1. The smallest absolute Gasteiger partial charge is 0.176 e. The van der Waals surface area contributed by atoms with Crippen LogP contribution >= 0.6 is 0 Å². The van der Waals surface area contributed by atoms with E-state index in [1.54, 1.807) is 0 Å². The van der Waals surface area contributed by atoms with Crippen molar-refractivity contribution >= 4 is 5.78 Å². The summed E-state index contributed by atoms with van der Waals surface area (Å²) < 4.78 is 0. The molecular weight excluding hydrogens is 246 g/mol. The van der Waals surface area contributed by atoms with Gasteiger partial charge < -0.3 is 15.3 Å². The Kier molecular flexibility index (Phi) is 4.07. The summed E-state index contributed by atoms with van der Waals surface area (Å²) in [6, 6.07) is 4.05. The molecule has 2 rings (SSSR count). The predicted molar refractivity (Wildman–Crippen MR) is 70.3 cm³/mol. The van der Waals surface area contributed by atoms with Crippen molar-refractivity contribution in [1.82, 2.24) is 4.90 Å². The number of aliphatic hydroxyl groups excluding tert-OH is 1. The predicted octanol–water partition coefficient (Wildman–Crippen LogP) is 0.983. The fourth-order valence-corrected chi connectivity index (χ4v) is 2.25. The molecule has 19 heavy (non-hydrogen) atoms. The minimum absolute atomic E-state index is 0.128. The minimum Gasteiger partial charge on any atom is -0.504 e. The monoisotopic (exact) mass is 265 g/mol. The number of piperidine rings is 1. The number of ketones is 1. The topological polar surface area (TPSA) is 81.0 Å². The molecule has 1 aromatic carbocycles. The highest BCUT2D eigenvalue weighted by Crippen LogP contribution is 2.25. The molecule has 0 aliphatic carbocycles. The fourth-order valence-electron chi connectivity index (χ4n) is 2.25. The summed E-state index contributed by atoms with van der Waals surface area (Å²) in [5, 5.41) is 28.4. The molecule has 1 aromatic rings. The number of Topliss-reactive ketones (excluding diaryl/α,β-unsaturated/α-hetero) is 1. The van der Waals surface area contributed by atoms with E-state index in [2.05, 4.69) is 0 Å². The molecule has 0 aromatic heterocycles. The summed E-state index contributed by atoms with van der Waals surface area (Å²) >= 11 is 0. The van der Waals surface area contributed by atoms with Crippen LogP contribution in [0.5, 0.6) is 11.5 Å². The van der Waals surface area contributed by atoms with Crippen LogP contribution in [0.2, 0.25) is 0 Å². The number of rotatable bonds is 3. The lowest BCUT2D eigenvalue weighted by Crippen LogP contribution is -2.44. The van der Waals surface area contributed by atoms with Crippen LogP contribution in [-0.4, -0.2) is 51.7 Å². The second-order valence-electron chi connectivity index (χ2n) is 5.20. The Balaban J connectivity index is 1.99. The lowest BCUT2D eigenvalue weighted by molar-refractivity contribution is 0.0295. The van der Waals surface area contributed by atoms with Gasteiger partial charge in [-0.1, -0.05) is 6.92 Å². The standard InChI is InChI=1S/C14H19NO4/c1-9-4-5-15(7-13(9)18)8-14(19)10-2-3-11(16)12(17)6-10/h2-3,6,9,13,16-18H,4-5,7-8H2,1H3. The number of carbonyl (C=O) groups is 1. The highest BCUT2D eigenvalue weighted by Gasteiger charge is 2.25. The molecule has 104 valence electrons. The summed E-state index contributed by atoms with van der Waals surface area (Å²) in [4.78, 5) is 14.0. The molecule has 5 heteroatoms. The second-order valence-corrected chi connectivity index (χ2v) is 5.20. The van der Waals surface area contributed by atoms with E-state index in [0.29, 0.717) is 12.1 Å². The van der Waals surface area contributed by atoms with Crippen LogP contribution in [0.1, 0.15) is 23.7 Å². The first-order valence-electron chi connectivity index (χ1n) is 6.43. The van der Waals surface area contributed by atoms with Crippen molar-refractivity contribution in [1.29, 1.82) is 0 Å². The van der Waals surface area contributed by atoms with Crippen LogP contribution in [-0.2, 0) is 0 Å². The van der Waals surface area contributed by atoms with E-state index in [1.165, 1.54) is 18.2 Å². The summed E-state index contributed by atoms with van der Waals surface area (Å²) in [5.74, 6) is -0.391. The maximum atomic E-state index is 12.0. The zero-order valence-corrected chi connectivity index (χ0v) is 10.9. The van der Waals surface area contributed by atoms with E-state index < -0.39 is 6.10 Å². The Hall–Kier alpha value is -1.59.